The van der Waals surface area contributed by atoms with Crippen molar-refractivity contribution in [3.05, 3.63) is 41.7 Å². The second-order valence-corrected chi connectivity index (χ2v) is 6.81. The van der Waals surface area contributed by atoms with Crippen LogP contribution < -0.4 is 10.6 Å². The summed E-state index contributed by atoms with van der Waals surface area (Å²) in [6.45, 7) is 4.13. The third kappa shape index (κ3) is 6.41. The topological polar surface area (TPSA) is 87.7 Å². The molecule has 1 atom stereocenters. The van der Waals surface area contributed by atoms with Crippen LogP contribution in [0.2, 0.25) is 0 Å². The van der Waals surface area contributed by atoms with Crippen molar-refractivity contribution in [3.8, 4) is 0 Å². The molecule has 9 heteroatoms. The summed E-state index contributed by atoms with van der Waals surface area (Å²) in [5.41, 5.74) is 0.647. The van der Waals surface area contributed by atoms with Gasteiger partial charge in [0.05, 0.1) is 12.5 Å². The van der Waals surface area contributed by atoms with E-state index in [1.165, 1.54) is 41.3 Å². The Kier molecular flexibility index (Phi) is 7.62. The Labute approximate surface area is 167 Å². The van der Waals surface area contributed by atoms with E-state index < -0.39 is 17.9 Å². The van der Waals surface area contributed by atoms with Crippen molar-refractivity contribution in [2.75, 3.05) is 13.1 Å². The highest BCUT2D eigenvalue weighted by molar-refractivity contribution is 7.80. The standard InChI is InChI=1S/C19H22FN3O4S/c1-12(2)27-17(25)11-15-18(26)21-9-10-23(15)19(28)22-16(24)8-5-13-3-6-14(20)7-4-13/h3-8,12,15H,9-11H2,1-2H3,(H,21,26)(H,22,24,28). The summed E-state index contributed by atoms with van der Waals surface area (Å²) in [5.74, 6) is -1.74. The zero-order valence-electron chi connectivity index (χ0n) is 15.6. The van der Waals surface area contributed by atoms with Gasteiger partial charge in [-0.15, -0.1) is 0 Å². The monoisotopic (exact) mass is 407 g/mol. The van der Waals surface area contributed by atoms with Crippen LogP contribution in [-0.4, -0.2) is 53.0 Å². The summed E-state index contributed by atoms with van der Waals surface area (Å²) >= 11 is 5.25. The molecule has 1 aliphatic heterocycles. The zero-order chi connectivity index (χ0) is 20.7. The molecule has 7 nitrogen and oxygen atoms in total. The number of piperazine rings is 1. The second kappa shape index (κ2) is 9.93. The quantitative estimate of drug-likeness (QED) is 0.436. The van der Waals surface area contributed by atoms with E-state index in [4.69, 9.17) is 17.0 Å². The van der Waals surface area contributed by atoms with Crippen LogP contribution in [0, 0.1) is 5.82 Å². The number of ether oxygens (including phenoxy) is 1. The fraction of sp³-hybridized carbons (Fsp3) is 0.368. The van der Waals surface area contributed by atoms with Gasteiger partial charge in [0.2, 0.25) is 11.8 Å². The number of hydrogen-bond donors (Lipinski definition) is 2. The van der Waals surface area contributed by atoms with E-state index in [0.717, 1.165) is 0 Å². The third-order valence-electron chi connectivity index (χ3n) is 3.85. The first kappa shape index (κ1) is 21.5. The largest absolute Gasteiger partial charge is 0.463 e. The van der Waals surface area contributed by atoms with E-state index in [9.17, 15) is 18.8 Å². The minimum absolute atomic E-state index is 0.0472. The number of carbonyl (C=O) groups is 3. The summed E-state index contributed by atoms with van der Waals surface area (Å²) in [5, 5.41) is 5.24. The molecule has 0 bridgehead atoms. The fourth-order valence-corrected chi connectivity index (χ4v) is 2.91. The van der Waals surface area contributed by atoms with E-state index in [1.807, 2.05) is 0 Å². The Balaban J connectivity index is 1.99. The lowest BCUT2D eigenvalue weighted by atomic mass is 10.1. The van der Waals surface area contributed by atoms with E-state index >= 15 is 0 Å². The number of esters is 1. The van der Waals surface area contributed by atoms with Gasteiger partial charge in [-0.2, -0.15) is 0 Å². The number of thiocarbonyl (C=S) groups is 1. The molecule has 0 spiro atoms. The van der Waals surface area contributed by atoms with Crippen molar-refractivity contribution in [3.63, 3.8) is 0 Å². The lowest BCUT2D eigenvalue weighted by Gasteiger charge is -2.36. The molecule has 150 valence electrons. The highest BCUT2D eigenvalue weighted by Crippen LogP contribution is 2.11. The van der Waals surface area contributed by atoms with E-state index in [-0.39, 0.29) is 29.4 Å². The average molecular weight is 407 g/mol. The third-order valence-corrected chi connectivity index (χ3v) is 4.18. The summed E-state index contributed by atoms with van der Waals surface area (Å²) in [4.78, 5) is 37.7. The molecule has 0 radical (unpaired) electrons. The molecule has 0 aromatic heterocycles. The molecule has 2 amide bonds. The summed E-state index contributed by atoms with van der Waals surface area (Å²) in [6.07, 6.45) is 2.30. The van der Waals surface area contributed by atoms with Gasteiger partial charge in [-0.05, 0) is 49.8 Å². The SMILES string of the molecule is CC(C)OC(=O)CC1C(=O)NCCN1C(=S)NC(=O)C=Cc1ccc(F)cc1. The molecule has 0 aliphatic carbocycles. The predicted octanol–water partition coefficient (Wildman–Crippen LogP) is 1.38. The first-order valence-electron chi connectivity index (χ1n) is 8.78. The van der Waals surface area contributed by atoms with Crippen molar-refractivity contribution < 1.29 is 23.5 Å². The Morgan fingerprint density at radius 2 is 2.07 bits per heavy atom. The van der Waals surface area contributed by atoms with Crippen LogP contribution >= 0.6 is 12.2 Å². The maximum atomic E-state index is 12.9. The van der Waals surface area contributed by atoms with Gasteiger partial charge in [0.1, 0.15) is 11.9 Å². The lowest BCUT2D eigenvalue weighted by Crippen LogP contribution is -2.60. The van der Waals surface area contributed by atoms with Gasteiger partial charge in [-0.3, -0.25) is 19.7 Å². The van der Waals surface area contributed by atoms with Gasteiger partial charge in [-0.25, -0.2) is 4.39 Å². The van der Waals surface area contributed by atoms with Crippen LogP contribution in [0.1, 0.15) is 25.8 Å². The first-order chi connectivity index (χ1) is 13.3. The minimum atomic E-state index is -0.853. The van der Waals surface area contributed by atoms with Gasteiger partial charge < -0.3 is 15.0 Å². The van der Waals surface area contributed by atoms with Crippen LogP contribution in [0.25, 0.3) is 6.08 Å². The van der Waals surface area contributed by atoms with E-state index in [1.54, 1.807) is 13.8 Å². The Morgan fingerprint density at radius 1 is 1.39 bits per heavy atom. The molecular formula is C19H22FN3O4S. The van der Waals surface area contributed by atoms with Gasteiger partial charge in [0.25, 0.3) is 0 Å². The van der Waals surface area contributed by atoms with Crippen molar-refractivity contribution in [2.24, 2.45) is 0 Å². The van der Waals surface area contributed by atoms with E-state index in [2.05, 4.69) is 10.6 Å². The highest BCUT2D eigenvalue weighted by atomic mass is 32.1. The van der Waals surface area contributed by atoms with Gasteiger partial charge >= 0.3 is 5.97 Å². The molecule has 1 aliphatic rings. The number of benzene rings is 1. The second-order valence-electron chi connectivity index (χ2n) is 6.42. The molecule has 1 unspecified atom stereocenters. The maximum absolute atomic E-state index is 12.9. The molecule has 1 aromatic rings. The number of carbonyl (C=O) groups excluding carboxylic acids is 3. The first-order valence-corrected chi connectivity index (χ1v) is 9.19. The Morgan fingerprint density at radius 3 is 2.71 bits per heavy atom. The molecule has 1 heterocycles. The number of hydrogen-bond acceptors (Lipinski definition) is 5. The number of rotatable bonds is 5. The number of amides is 2. The van der Waals surface area contributed by atoms with Crippen LogP contribution in [0.4, 0.5) is 4.39 Å². The van der Waals surface area contributed by atoms with Crippen molar-refractivity contribution in [1.82, 2.24) is 15.5 Å². The Hall–Kier alpha value is -2.81. The molecule has 2 N–H and O–H groups in total. The molecule has 1 aromatic carbocycles. The normalized spacial score (nSPS) is 16.8. The summed E-state index contributed by atoms with van der Waals surface area (Å²) in [6, 6.07) is 4.78. The van der Waals surface area contributed by atoms with Crippen LogP contribution in [0.3, 0.4) is 0 Å². The van der Waals surface area contributed by atoms with E-state index in [0.29, 0.717) is 18.7 Å². The highest BCUT2D eigenvalue weighted by Gasteiger charge is 2.34. The Bertz CT molecular complexity index is 780. The molecule has 1 saturated heterocycles. The zero-order valence-corrected chi connectivity index (χ0v) is 16.4. The minimum Gasteiger partial charge on any atom is -0.463 e. The fourth-order valence-electron chi connectivity index (χ4n) is 2.59. The average Bonchev–Trinajstić information content (AvgIpc) is 2.62. The van der Waals surface area contributed by atoms with Crippen LogP contribution in [0.15, 0.2) is 30.3 Å². The molecule has 1 fully saturated rings. The predicted molar refractivity (Wildman–Crippen MR) is 106 cm³/mol. The number of nitrogens with one attached hydrogen (secondary N) is 2. The molecule has 2 rings (SSSR count). The van der Waals surface area contributed by atoms with Gasteiger partial charge in [-0.1, -0.05) is 12.1 Å². The maximum Gasteiger partial charge on any atom is 0.308 e. The summed E-state index contributed by atoms with van der Waals surface area (Å²) < 4.78 is 18.0. The smallest absolute Gasteiger partial charge is 0.308 e. The van der Waals surface area contributed by atoms with Crippen LogP contribution in [-0.2, 0) is 19.1 Å². The number of halogens is 1. The molecule has 28 heavy (non-hydrogen) atoms. The molecular weight excluding hydrogens is 385 g/mol. The summed E-state index contributed by atoms with van der Waals surface area (Å²) in [7, 11) is 0. The van der Waals surface area contributed by atoms with Gasteiger partial charge in [0.15, 0.2) is 5.11 Å². The van der Waals surface area contributed by atoms with Crippen molar-refractivity contribution in [1.29, 1.82) is 0 Å². The number of nitrogens with zero attached hydrogens (tertiary/aromatic N) is 1. The molecule has 0 saturated carbocycles. The van der Waals surface area contributed by atoms with Gasteiger partial charge in [0, 0.05) is 19.2 Å². The van der Waals surface area contributed by atoms with Crippen molar-refractivity contribution >= 4 is 41.2 Å². The van der Waals surface area contributed by atoms with Crippen molar-refractivity contribution in [2.45, 2.75) is 32.4 Å². The lowest BCUT2D eigenvalue weighted by molar-refractivity contribution is -0.150. The van der Waals surface area contributed by atoms with Crippen LogP contribution in [0.5, 0.6) is 0 Å².